The zero-order valence-electron chi connectivity index (χ0n) is 10.9. The number of hydrogen-bond acceptors (Lipinski definition) is 4. The summed E-state index contributed by atoms with van der Waals surface area (Å²) in [5.41, 5.74) is -1.25. The molecule has 1 amide bonds. The van der Waals surface area contributed by atoms with Crippen molar-refractivity contribution in [3.05, 3.63) is 32.6 Å². The van der Waals surface area contributed by atoms with Crippen LogP contribution in [0.15, 0.2) is 15.8 Å². The van der Waals surface area contributed by atoms with E-state index in [4.69, 9.17) is 0 Å². The van der Waals surface area contributed by atoms with E-state index in [1.54, 1.807) is 4.90 Å². The highest BCUT2D eigenvalue weighted by Gasteiger charge is 2.25. The first kappa shape index (κ1) is 13.5. The van der Waals surface area contributed by atoms with Gasteiger partial charge in [0, 0.05) is 19.3 Å². The Hall–Kier alpha value is -1.89. The molecular weight excluding hydrogens is 248 g/mol. The Labute approximate surface area is 110 Å². The van der Waals surface area contributed by atoms with Gasteiger partial charge in [0.2, 0.25) is 0 Å². The van der Waals surface area contributed by atoms with Crippen LogP contribution in [0.3, 0.4) is 0 Å². The summed E-state index contributed by atoms with van der Waals surface area (Å²) < 4.78 is 0. The van der Waals surface area contributed by atoms with Crippen LogP contribution in [0.25, 0.3) is 0 Å². The zero-order valence-corrected chi connectivity index (χ0v) is 10.9. The van der Waals surface area contributed by atoms with Crippen LogP contribution in [0.1, 0.15) is 23.2 Å². The average Bonchev–Trinajstić information content (AvgIpc) is 2.39. The lowest BCUT2D eigenvalue weighted by Gasteiger charge is -2.32. The van der Waals surface area contributed by atoms with E-state index in [1.807, 2.05) is 7.05 Å². The molecule has 3 N–H and O–H groups in total. The number of carbonyl (C=O) groups excluding carboxylic acids is 1. The molecule has 1 aromatic rings. The predicted molar refractivity (Wildman–Crippen MR) is 70.2 cm³/mol. The van der Waals surface area contributed by atoms with Crippen LogP contribution in [0.4, 0.5) is 0 Å². The van der Waals surface area contributed by atoms with Crippen molar-refractivity contribution in [1.29, 1.82) is 0 Å². The molecule has 0 saturated carbocycles. The van der Waals surface area contributed by atoms with Crippen molar-refractivity contribution in [3.63, 3.8) is 0 Å². The van der Waals surface area contributed by atoms with E-state index in [0.717, 1.165) is 19.4 Å². The van der Waals surface area contributed by atoms with Gasteiger partial charge in [-0.15, -0.1) is 0 Å². The Morgan fingerprint density at radius 3 is 3.00 bits per heavy atom. The molecule has 1 atom stereocenters. The van der Waals surface area contributed by atoms with Gasteiger partial charge >= 0.3 is 5.69 Å². The Morgan fingerprint density at radius 2 is 2.32 bits per heavy atom. The molecule has 0 aromatic carbocycles. The van der Waals surface area contributed by atoms with E-state index >= 15 is 0 Å². The molecule has 1 aliphatic heterocycles. The summed E-state index contributed by atoms with van der Waals surface area (Å²) in [6, 6.07) is 0. The van der Waals surface area contributed by atoms with Gasteiger partial charge in [0.05, 0.1) is 0 Å². The molecule has 1 unspecified atom stereocenters. The van der Waals surface area contributed by atoms with Gasteiger partial charge in [-0.2, -0.15) is 0 Å². The fourth-order valence-corrected chi connectivity index (χ4v) is 2.44. The summed E-state index contributed by atoms with van der Waals surface area (Å²) in [5.74, 6) is 0.0860. The standard InChI is InChI=1S/C12H18N4O3/c1-13-5-8-3-2-4-16(7-8)11(18)9-6-14-12(19)15-10(9)17/h6,8,13H,2-5,7H2,1H3,(H2,14,15,17,19). The highest BCUT2D eigenvalue weighted by atomic mass is 16.2. The fourth-order valence-electron chi connectivity index (χ4n) is 2.44. The van der Waals surface area contributed by atoms with E-state index in [2.05, 4.69) is 15.3 Å². The summed E-state index contributed by atoms with van der Waals surface area (Å²) in [5, 5.41) is 3.10. The molecule has 19 heavy (non-hydrogen) atoms. The van der Waals surface area contributed by atoms with Crippen LogP contribution in [-0.2, 0) is 0 Å². The van der Waals surface area contributed by atoms with Crippen LogP contribution in [0, 0.1) is 5.92 Å². The average molecular weight is 266 g/mol. The molecule has 0 aliphatic carbocycles. The number of nitrogens with one attached hydrogen (secondary N) is 3. The number of carbonyl (C=O) groups is 1. The first-order valence-corrected chi connectivity index (χ1v) is 6.37. The minimum Gasteiger partial charge on any atom is -0.338 e. The lowest BCUT2D eigenvalue weighted by atomic mass is 9.97. The summed E-state index contributed by atoms with van der Waals surface area (Å²) in [7, 11) is 1.88. The Kier molecular flexibility index (Phi) is 4.16. The third-order valence-corrected chi connectivity index (χ3v) is 3.35. The van der Waals surface area contributed by atoms with Crippen molar-refractivity contribution in [1.82, 2.24) is 20.2 Å². The quantitative estimate of drug-likeness (QED) is 0.662. The number of hydrogen-bond donors (Lipinski definition) is 3. The number of H-pyrrole nitrogens is 2. The maximum Gasteiger partial charge on any atom is 0.325 e. The van der Waals surface area contributed by atoms with Crippen molar-refractivity contribution in [2.24, 2.45) is 5.92 Å². The van der Waals surface area contributed by atoms with Gasteiger partial charge in [-0.25, -0.2) is 4.79 Å². The maximum absolute atomic E-state index is 12.2. The van der Waals surface area contributed by atoms with Crippen molar-refractivity contribution >= 4 is 5.91 Å². The summed E-state index contributed by atoms with van der Waals surface area (Å²) >= 11 is 0. The van der Waals surface area contributed by atoms with Gasteiger partial charge in [0.1, 0.15) is 5.56 Å². The second-order valence-electron chi connectivity index (χ2n) is 4.80. The van der Waals surface area contributed by atoms with Crippen LogP contribution < -0.4 is 16.6 Å². The minimum atomic E-state index is -0.635. The predicted octanol–water partition coefficient (Wildman–Crippen LogP) is -0.865. The van der Waals surface area contributed by atoms with Crippen LogP contribution >= 0.6 is 0 Å². The summed E-state index contributed by atoms with van der Waals surface area (Å²) in [6.07, 6.45) is 3.19. The molecule has 0 spiro atoms. The number of rotatable bonds is 3. The lowest BCUT2D eigenvalue weighted by Crippen LogP contribution is -2.44. The number of piperidine rings is 1. The van der Waals surface area contributed by atoms with Gasteiger partial charge in [0.15, 0.2) is 0 Å². The van der Waals surface area contributed by atoms with Gasteiger partial charge in [0.25, 0.3) is 11.5 Å². The first-order valence-electron chi connectivity index (χ1n) is 6.37. The third-order valence-electron chi connectivity index (χ3n) is 3.35. The molecule has 1 saturated heterocycles. The number of likely N-dealkylation sites (tertiary alicyclic amines) is 1. The molecule has 0 bridgehead atoms. The van der Waals surface area contributed by atoms with E-state index < -0.39 is 11.2 Å². The molecule has 1 fully saturated rings. The third kappa shape index (κ3) is 3.11. The molecule has 0 radical (unpaired) electrons. The van der Waals surface area contributed by atoms with Crippen molar-refractivity contribution in [3.8, 4) is 0 Å². The number of aromatic amines is 2. The molecule has 7 nitrogen and oxygen atoms in total. The molecule has 7 heteroatoms. The smallest absolute Gasteiger partial charge is 0.325 e. The number of amides is 1. The highest BCUT2D eigenvalue weighted by Crippen LogP contribution is 2.16. The zero-order chi connectivity index (χ0) is 13.8. The van der Waals surface area contributed by atoms with Gasteiger partial charge in [-0.05, 0) is 32.4 Å². The second-order valence-corrected chi connectivity index (χ2v) is 4.80. The summed E-state index contributed by atoms with van der Waals surface area (Å²) in [6.45, 7) is 2.14. The van der Waals surface area contributed by atoms with E-state index in [9.17, 15) is 14.4 Å². The van der Waals surface area contributed by atoms with Crippen LogP contribution in [-0.4, -0.2) is 47.5 Å². The van der Waals surface area contributed by atoms with Crippen LogP contribution in [0.2, 0.25) is 0 Å². The first-order chi connectivity index (χ1) is 9.11. The van der Waals surface area contributed by atoms with Crippen LogP contribution in [0.5, 0.6) is 0 Å². The normalized spacial score (nSPS) is 19.4. The Bertz CT molecular complexity index is 561. The van der Waals surface area contributed by atoms with Crippen molar-refractivity contribution in [2.75, 3.05) is 26.7 Å². The van der Waals surface area contributed by atoms with Gasteiger partial charge in [-0.3, -0.25) is 14.6 Å². The molecule has 104 valence electrons. The number of aromatic nitrogens is 2. The fraction of sp³-hybridized carbons (Fsp3) is 0.583. The summed E-state index contributed by atoms with van der Waals surface area (Å²) in [4.78, 5) is 40.8. The Morgan fingerprint density at radius 1 is 1.53 bits per heavy atom. The molecular formula is C12H18N4O3. The SMILES string of the molecule is CNCC1CCCN(C(=O)c2c[nH]c(=O)[nH]c2=O)C1. The van der Waals surface area contributed by atoms with Crippen molar-refractivity contribution in [2.45, 2.75) is 12.8 Å². The molecule has 1 aliphatic rings. The second kappa shape index (κ2) is 5.83. The van der Waals surface area contributed by atoms with Crippen molar-refractivity contribution < 1.29 is 4.79 Å². The van der Waals surface area contributed by atoms with Gasteiger partial charge < -0.3 is 15.2 Å². The van der Waals surface area contributed by atoms with E-state index in [1.165, 1.54) is 6.20 Å². The number of nitrogens with zero attached hydrogens (tertiary/aromatic N) is 1. The minimum absolute atomic E-state index is 0.00953. The monoisotopic (exact) mass is 266 g/mol. The Balaban J connectivity index is 2.14. The van der Waals surface area contributed by atoms with Gasteiger partial charge in [-0.1, -0.05) is 0 Å². The molecule has 2 heterocycles. The topological polar surface area (TPSA) is 98.1 Å². The maximum atomic E-state index is 12.2. The van der Waals surface area contributed by atoms with E-state index in [0.29, 0.717) is 19.0 Å². The molecule has 1 aromatic heterocycles. The van der Waals surface area contributed by atoms with E-state index in [-0.39, 0.29) is 11.5 Å². The molecule has 2 rings (SSSR count). The highest BCUT2D eigenvalue weighted by molar-refractivity contribution is 5.93. The lowest BCUT2D eigenvalue weighted by molar-refractivity contribution is 0.0672. The largest absolute Gasteiger partial charge is 0.338 e.